The highest BCUT2D eigenvalue weighted by molar-refractivity contribution is 7.12. The first kappa shape index (κ1) is 21.9. The summed E-state index contributed by atoms with van der Waals surface area (Å²) in [4.78, 5) is 49.4. The summed E-state index contributed by atoms with van der Waals surface area (Å²) in [6.45, 7) is -0.707. The van der Waals surface area contributed by atoms with Gasteiger partial charge in [-0.2, -0.15) is 0 Å². The zero-order valence-electron chi connectivity index (χ0n) is 16.1. The number of methoxy groups -OCH3 is 1. The third-order valence-electron chi connectivity index (χ3n) is 3.75. The number of amides is 4. The standard InChI is InChI=1S/C19H22N4O5S/c1-23(12-17(25)22-13-5-3-6-14(9-13)28-2)18(26)11-20-16(24)10-21-19(27)15-7-4-8-29-15/h3-9H,10-12H2,1-2H3,(H,20,24)(H,21,27)(H,22,25). The van der Waals surface area contributed by atoms with E-state index in [9.17, 15) is 19.2 Å². The summed E-state index contributed by atoms with van der Waals surface area (Å²) in [5, 5.41) is 9.30. The first-order valence-electron chi connectivity index (χ1n) is 8.65. The molecule has 3 N–H and O–H groups in total. The Hall–Kier alpha value is -3.40. The molecule has 154 valence electrons. The molecule has 0 unspecified atom stereocenters. The summed E-state index contributed by atoms with van der Waals surface area (Å²) in [6.07, 6.45) is 0. The molecule has 0 atom stereocenters. The predicted molar refractivity (Wildman–Crippen MR) is 109 cm³/mol. The van der Waals surface area contributed by atoms with Gasteiger partial charge in [-0.05, 0) is 23.6 Å². The number of thiophene rings is 1. The van der Waals surface area contributed by atoms with Gasteiger partial charge in [-0.25, -0.2) is 0 Å². The van der Waals surface area contributed by atoms with Gasteiger partial charge in [0.15, 0.2) is 0 Å². The Labute approximate surface area is 172 Å². The second-order valence-electron chi connectivity index (χ2n) is 5.97. The number of rotatable bonds is 9. The second kappa shape index (κ2) is 10.8. The van der Waals surface area contributed by atoms with E-state index in [0.29, 0.717) is 16.3 Å². The maximum Gasteiger partial charge on any atom is 0.261 e. The average molecular weight is 418 g/mol. The molecule has 0 saturated heterocycles. The Balaban J connectivity index is 1.70. The highest BCUT2D eigenvalue weighted by atomic mass is 32.1. The third-order valence-corrected chi connectivity index (χ3v) is 4.62. The van der Waals surface area contributed by atoms with Crippen molar-refractivity contribution in [1.29, 1.82) is 0 Å². The van der Waals surface area contributed by atoms with E-state index in [2.05, 4.69) is 16.0 Å². The summed E-state index contributed by atoms with van der Waals surface area (Å²) in [7, 11) is 2.98. The molecule has 2 aromatic rings. The van der Waals surface area contributed by atoms with Crippen LogP contribution in [0.1, 0.15) is 9.67 Å². The Morgan fingerprint density at radius 2 is 1.83 bits per heavy atom. The quantitative estimate of drug-likeness (QED) is 0.554. The lowest BCUT2D eigenvalue weighted by atomic mass is 10.3. The number of nitrogens with zero attached hydrogens (tertiary/aromatic N) is 1. The molecule has 10 heteroatoms. The molecule has 4 amide bonds. The number of carbonyl (C=O) groups is 4. The highest BCUT2D eigenvalue weighted by Crippen LogP contribution is 2.16. The van der Waals surface area contributed by atoms with Gasteiger partial charge in [0.25, 0.3) is 5.91 Å². The molecule has 9 nitrogen and oxygen atoms in total. The van der Waals surface area contributed by atoms with E-state index in [0.717, 1.165) is 0 Å². The molecule has 0 spiro atoms. The van der Waals surface area contributed by atoms with Crippen molar-refractivity contribution in [3.8, 4) is 5.75 Å². The van der Waals surface area contributed by atoms with Crippen LogP contribution >= 0.6 is 11.3 Å². The number of likely N-dealkylation sites (N-methyl/N-ethyl adjacent to an activating group) is 1. The SMILES string of the molecule is COc1cccc(NC(=O)CN(C)C(=O)CNC(=O)CNC(=O)c2cccs2)c1. The van der Waals surface area contributed by atoms with Crippen molar-refractivity contribution >= 4 is 40.7 Å². The van der Waals surface area contributed by atoms with Crippen molar-refractivity contribution in [2.24, 2.45) is 0 Å². The van der Waals surface area contributed by atoms with Crippen LogP contribution in [0.15, 0.2) is 41.8 Å². The molecule has 0 bridgehead atoms. The minimum atomic E-state index is -0.502. The van der Waals surface area contributed by atoms with Gasteiger partial charge in [0.2, 0.25) is 17.7 Å². The van der Waals surface area contributed by atoms with Crippen LogP contribution in [0.2, 0.25) is 0 Å². The van der Waals surface area contributed by atoms with Gasteiger partial charge in [0, 0.05) is 18.8 Å². The van der Waals surface area contributed by atoms with Gasteiger partial charge in [0.05, 0.1) is 31.6 Å². The number of hydrogen-bond acceptors (Lipinski definition) is 6. The molecule has 1 heterocycles. The molecule has 2 rings (SSSR count). The van der Waals surface area contributed by atoms with Crippen LogP contribution in [0.25, 0.3) is 0 Å². The van der Waals surface area contributed by atoms with Crippen molar-refractivity contribution in [2.75, 3.05) is 39.1 Å². The molecular formula is C19H22N4O5S. The number of carbonyl (C=O) groups excluding carboxylic acids is 4. The summed E-state index contributed by atoms with van der Waals surface area (Å²) in [5.74, 6) is -1.08. The lowest BCUT2D eigenvalue weighted by molar-refractivity contribution is -0.134. The monoisotopic (exact) mass is 418 g/mol. The molecule has 0 radical (unpaired) electrons. The zero-order valence-corrected chi connectivity index (χ0v) is 16.9. The lowest BCUT2D eigenvalue weighted by Crippen LogP contribution is -2.44. The van der Waals surface area contributed by atoms with Gasteiger partial charge in [-0.3, -0.25) is 19.2 Å². The van der Waals surface area contributed by atoms with Gasteiger partial charge in [0.1, 0.15) is 5.75 Å². The van der Waals surface area contributed by atoms with Crippen LogP contribution < -0.4 is 20.7 Å². The molecule has 29 heavy (non-hydrogen) atoms. The average Bonchev–Trinajstić information content (AvgIpc) is 3.25. The fourth-order valence-electron chi connectivity index (χ4n) is 2.23. The lowest BCUT2D eigenvalue weighted by Gasteiger charge is -2.17. The van der Waals surface area contributed by atoms with E-state index >= 15 is 0 Å². The number of ether oxygens (including phenoxy) is 1. The van der Waals surface area contributed by atoms with Crippen LogP contribution in [-0.4, -0.2) is 62.3 Å². The van der Waals surface area contributed by atoms with Crippen molar-refractivity contribution < 1.29 is 23.9 Å². The number of nitrogens with one attached hydrogen (secondary N) is 3. The Kier molecular flexibility index (Phi) is 8.16. The van der Waals surface area contributed by atoms with Crippen molar-refractivity contribution in [3.05, 3.63) is 46.7 Å². The summed E-state index contributed by atoms with van der Waals surface area (Å²) >= 11 is 1.26. The molecule has 0 saturated carbocycles. The van der Waals surface area contributed by atoms with E-state index in [1.807, 2.05) is 0 Å². The summed E-state index contributed by atoms with van der Waals surface area (Å²) in [6, 6.07) is 10.2. The molecule has 0 fully saturated rings. The van der Waals surface area contributed by atoms with E-state index < -0.39 is 11.8 Å². The number of benzene rings is 1. The first-order chi connectivity index (χ1) is 13.9. The van der Waals surface area contributed by atoms with E-state index in [-0.39, 0.29) is 31.4 Å². The molecule has 0 aliphatic carbocycles. The van der Waals surface area contributed by atoms with Gasteiger partial charge >= 0.3 is 0 Å². The van der Waals surface area contributed by atoms with E-state index in [4.69, 9.17) is 4.74 Å². The van der Waals surface area contributed by atoms with Crippen LogP contribution in [0.4, 0.5) is 5.69 Å². The summed E-state index contributed by atoms with van der Waals surface area (Å²) < 4.78 is 5.08. The largest absolute Gasteiger partial charge is 0.497 e. The summed E-state index contributed by atoms with van der Waals surface area (Å²) in [5.41, 5.74) is 0.546. The second-order valence-corrected chi connectivity index (χ2v) is 6.91. The topological polar surface area (TPSA) is 117 Å². The number of anilines is 1. The third kappa shape index (κ3) is 7.26. The Morgan fingerprint density at radius 3 is 2.52 bits per heavy atom. The van der Waals surface area contributed by atoms with E-state index in [1.165, 1.54) is 30.4 Å². The smallest absolute Gasteiger partial charge is 0.261 e. The van der Waals surface area contributed by atoms with Gasteiger partial charge < -0.3 is 25.6 Å². The minimum Gasteiger partial charge on any atom is -0.497 e. The normalized spacial score (nSPS) is 10.0. The molecular weight excluding hydrogens is 396 g/mol. The Morgan fingerprint density at radius 1 is 1.03 bits per heavy atom. The molecule has 0 aliphatic heterocycles. The van der Waals surface area contributed by atoms with E-state index in [1.54, 1.807) is 41.8 Å². The van der Waals surface area contributed by atoms with Crippen molar-refractivity contribution in [2.45, 2.75) is 0 Å². The van der Waals surface area contributed by atoms with Crippen LogP contribution in [0.5, 0.6) is 5.75 Å². The van der Waals surface area contributed by atoms with Gasteiger partial charge in [-0.1, -0.05) is 12.1 Å². The van der Waals surface area contributed by atoms with Crippen molar-refractivity contribution in [1.82, 2.24) is 15.5 Å². The van der Waals surface area contributed by atoms with Crippen molar-refractivity contribution in [3.63, 3.8) is 0 Å². The fraction of sp³-hybridized carbons (Fsp3) is 0.263. The van der Waals surface area contributed by atoms with Crippen LogP contribution in [0, 0.1) is 0 Å². The molecule has 0 aliphatic rings. The number of hydrogen-bond donors (Lipinski definition) is 3. The zero-order chi connectivity index (χ0) is 21.2. The molecule has 1 aromatic heterocycles. The predicted octanol–water partition coefficient (Wildman–Crippen LogP) is 0.700. The van der Waals surface area contributed by atoms with Crippen LogP contribution in [-0.2, 0) is 14.4 Å². The fourth-order valence-corrected chi connectivity index (χ4v) is 2.87. The maximum atomic E-state index is 12.1. The minimum absolute atomic E-state index is 0.180. The Bertz CT molecular complexity index is 869. The van der Waals surface area contributed by atoms with Gasteiger partial charge in [-0.15, -0.1) is 11.3 Å². The molecule has 1 aromatic carbocycles. The van der Waals surface area contributed by atoms with Crippen LogP contribution in [0.3, 0.4) is 0 Å². The first-order valence-corrected chi connectivity index (χ1v) is 9.53. The highest BCUT2D eigenvalue weighted by Gasteiger charge is 2.15. The maximum absolute atomic E-state index is 12.1.